The van der Waals surface area contributed by atoms with E-state index in [2.05, 4.69) is 4.98 Å². The highest BCUT2D eigenvalue weighted by molar-refractivity contribution is 7.13. The fourth-order valence-corrected chi connectivity index (χ4v) is 3.89. The van der Waals surface area contributed by atoms with Crippen LogP contribution in [0.1, 0.15) is 20.4 Å². The molecule has 2 N–H and O–H groups in total. The highest BCUT2D eigenvalue weighted by Crippen LogP contribution is 2.24. The molecule has 0 bridgehead atoms. The number of carbonyl (C=O) groups excluding carboxylic acids is 2. The third-order valence-corrected chi connectivity index (χ3v) is 5.32. The fourth-order valence-electron chi connectivity index (χ4n) is 3.02. The second-order valence-electron chi connectivity index (χ2n) is 5.99. The first kappa shape index (κ1) is 17.3. The summed E-state index contributed by atoms with van der Waals surface area (Å²) in [5.74, 6) is -1.09. The number of carbonyl (C=O) groups is 2. The number of primary amides is 1. The van der Waals surface area contributed by atoms with E-state index in [1.54, 1.807) is 19.1 Å². The molecule has 1 unspecified atom stereocenters. The van der Waals surface area contributed by atoms with E-state index in [9.17, 15) is 14.0 Å². The van der Waals surface area contributed by atoms with Gasteiger partial charge in [-0.1, -0.05) is 0 Å². The lowest BCUT2D eigenvalue weighted by atomic mass is 10.1. The van der Waals surface area contributed by atoms with E-state index in [-0.39, 0.29) is 18.3 Å². The molecule has 6 nitrogen and oxygen atoms in total. The zero-order chi connectivity index (χ0) is 18.1. The van der Waals surface area contributed by atoms with E-state index in [0.717, 1.165) is 10.7 Å². The monoisotopic (exact) mass is 362 g/mol. The minimum Gasteiger partial charge on any atom is -0.368 e. The quantitative estimate of drug-likeness (QED) is 0.902. The molecule has 1 aromatic heterocycles. The molecule has 1 atom stereocenters. The maximum atomic E-state index is 13.1. The van der Waals surface area contributed by atoms with E-state index in [1.807, 2.05) is 11.8 Å². The topological polar surface area (TPSA) is 79.5 Å². The summed E-state index contributed by atoms with van der Waals surface area (Å²) in [6.07, 6.45) is 0. The zero-order valence-corrected chi connectivity index (χ0v) is 14.8. The van der Waals surface area contributed by atoms with Gasteiger partial charge in [-0.05, 0) is 38.1 Å². The Morgan fingerprint density at radius 3 is 2.48 bits per heavy atom. The van der Waals surface area contributed by atoms with Gasteiger partial charge >= 0.3 is 0 Å². The molecule has 0 radical (unpaired) electrons. The van der Waals surface area contributed by atoms with Gasteiger partial charge in [0.1, 0.15) is 16.7 Å². The van der Waals surface area contributed by atoms with E-state index in [1.165, 1.54) is 28.4 Å². The van der Waals surface area contributed by atoms with Crippen molar-refractivity contribution in [2.45, 2.75) is 19.9 Å². The molecule has 25 heavy (non-hydrogen) atoms. The van der Waals surface area contributed by atoms with Crippen LogP contribution in [-0.4, -0.2) is 47.4 Å². The Balaban J connectivity index is 1.82. The van der Waals surface area contributed by atoms with Crippen LogP contribution in [0.4, 0.5) is 10.1 Å². The van der Waals surface area contributed by atoms with Crippen LogP contribution >= 0.6 is 11.3 Å². The van der Waals surface area contributed by atoms with Gasteiger partial charge in [-0.25, -0.2) is 9.37 Å². The number of hydrogen-bond acceptors (Lipinski definition) is 5. The number of piperazine rings is 1. The molecule has 1 saturated heterocycles. The van der Waals surface area contributed by atoms with Gasteiger partial charge in [0.15, 0.2) is 0 Å². The molecule has 2 aromatic rings. The molecule has 0 aliphatic carbocycles. The van der Waals surface area contributed by atoms with Gasteiger partial charge in [0.2, 0.25) is 5.91 Å². The first-order valence-corrected chi connectivity index (χ1v) is 8.73. The summed E-state index contributed by atoms with van der Waals surface area (Å²) in [6.45, 7) is 4.80. The van der Waals surface area contributed by atoms with Crippen LogP contribution in [0.5, 0.6) is 0 Å². The van der Waals surface area contributed by atoms with Crippen LogP contribution in [0.15, 0.2) is 24.3 Å². The van der Waals surface area contributed by atoms with Crippen LogP contribution in [0, 0.1) is 19.7 Å². The Bertz CT molecular complexity index is 805. The van der Waals surface area contributed by atoms with Crippen LogP contribution in [0.25, 0.3) is 0 Å². The number of amides is 2. The first-order valence-electron chi connectivity index (χ1n) is 7.91. The predicted octanol–water partition coefficient (Wildman–Crippen LogP) is 1.72. The molecule has 1 aliphatic heterocycles. The Labute approximate surface area is 149 Å². The number of nitrogens with two attached hydrogens (primary N) is 1. The predicted molar refractivity (Wildman–Crippen MR) is 94.2 cm³/mol. The number of anilines is 1. The zero-order valence-electron chi connectivity index (χ0n) is 14.0. The Morgan fingerprint density at radius 1 is 1.24 bits per heavy atom. The number of benzene rings is 1. The van der Waals surface area contributed by atoms with Crippen molar-refractivity contribution < 1.29 is 14.0 Å². The second kappa shape index (κ2) is 6.79. The van der Waals surface area contributed by atoms with E-state index in [4.69, 9.17) is 5.73 Å². The third kappa shape index (κ3) is 3.48. The van der Waals surface area contributed by atoms with Gasteiger partial charge in [-0.15, -0.1) is 11.3 Å². The molecule has 3 rings (SSSR count). The summed E-state index contributed by atoms with van der Waals surface area (Å²) in [5, 5.41) is 0.807. The summed E-state index contributed by atoms with van der Waals surface area (Å²) < 4.78 is 13.1. The van der Waals surface area contributed by atoms with Crippen molar-refractivity contribution in [3.8, 4) is 0 Å². The molecule has 1 aromatic carbocycles. The number of rotatable bonds is 3. The number of hydrogen-bond donors (Lipinski definition) is 1. The van der Waals surface area contributed by atoms with Crippen LogP contribution in [-0.2, 0) is 4.79 Å². The molecule has 0 spiro atoms. The molecule has 2 heterocycles. The van der Waals surface area contributed by atoms with Gasteiger partial charge < -0.3 is 15.5 Å². The highest BCUT2D eigenvalue weighted by atomic mass is 32.1. The maximum absolute atomic E-state index is 13.1. The van der Waals surface area contributed by atoms with Crippen LogP contribution in [0.3, 0.4) is 0 Å². The maximum Gasteiger partial charge on any atom is 0.266 e. The number of aryl methyl sites for hydroxylation is 2. The van der Waals surface area contributed by atoms with E-state index < -0.39 is 11.9 Å². The van der Waals surface area contributed by atoms with Crippen molar-refractivity contribution in [3.63, 3.8) is 0 Å². The molecular weight excluding hydrogens is 343 g/mol. The van der Waals surface area contributed by atoms with Gasteiger partial charge in [0, 0.05) is 25.3 Å². The van der Waals surface area contributed by atoms with Crippen molar-refractivity contribution in [2.75, 3.05) is 24.5 Å². The van der Waals surface area contributed by atoms with Crippen molar-refractivity contribution in [1.82, 2.24) is 9.88 Å². The standard InChI is InChI=1S/C17H19FN4O2S/c1-10-15(25-11(2)20-10)17(24)22-8-7-21(9-14(22)16(19)23)13-5-3-12(18)4-6-13/h3-6,14H,7-9H2,1-2H3,(H2,19,23). The minimum atomic E-state index is -0.742. The Hall–Kier alpha value is -2.48. The lowest BCUT2D eigenvalue weighted by molar-refractivity contribution is -0.122. The number of thiazole rings is 1. The van der Waals surface area contributed by atoms with Crippen molar-refractivity contribution >= 4 is 28.8 Å². The summed E-state index contributed by atoms with van der Waals surface area (Å²) >= 11 is 1.32. The molecule has 1 fully saturated rings. The second-order valence-corrected chi connectivity index (χ2v) is 7.19. The van der Waals surface area contributed by atoms with Crippen molar-refractivity contribution in [2.24, 2.45) is 5.73 Å². The van der Waals surface area contributed by atoms with E-state index in [0.29, 0.717) is 23.7 Å². The smallest absolute Gasteiger partial charge is 0.266 e. The van der Waals surface area contributed by atoms with Gasteiger partial charge in [0.05, 0.1) is 10.7 Å². The molecule has 132 valence electrons. The number of aromatic nitrogens is 1. The SMILES string of the molecule is Cc1nc(C)c(C(=O)N2CCN(c3ccc(F)cc3)CC2C(N)=O)s1. The normalized spacial score (nSPS) is 17.6. The Kier molecular flexibility index (Phi) is 4.71. The lowest BCUT2D eigenvalue weighted by Gasteiger charge is -2.40. The minimum absolute atomic E-state index is 0.217. The van der Waals surface area contributed by atoms with Crippen LogP contribution in [0.2, 0.25) is 0 Å². The average molecular weight is 362 g/mol. The average Bonchev–Trinajstić information content (AvgIpc) is 2.92. The molecular formula is C17H19FN4O2S. The number of halogens is 1. The van der Waals surface area contributed by atoms with Gasteiger partial charge in [-0.3, -0.25) is 9.59 Å². The summed E-state index contributed by atoms with van der Waals surface area (Å²) in [6, 6.07) is 5.31. The highest BCUT2D eigenvalue weighted by Gasteiger charge is 2.36. The molecule has 0 saturated carbocycles. The van der Waals surface area contributed by atoms with Crippen molar-refractivity contribution in [1.29, 1.82) is 0 Å². The van der Waals surface area contributed by atoms with Gasteiger partial charge in [-0.2, -0.15) is 0 Å². The largest absolute Gasteiger partial charge is 0.368 e. The fraction of sp³-hybridized carbons (Fsp3) is 0.353. The first-order chi connectivity index (χ1) is 11.9. The third-order valence-electron chi connectivity index (χ3n) is 4.26. The number of nitrogens with zero attached hydrogens (tertiary/aromatic N) is 3. The lowest BCUT2D eigenvalue weighted by Crippen LogP contribution is -2.60. The summed E-state index contributed by atoms with van der Waals surface area (Å²) in [5.41, 5.74) is 7.01. The molecule has 8 heteroatoms. The van der Waals surface area contributed by atoms with Crippen LogP contribution < -0.4 is 10.6 Å². The molecule has 2 amide bonds. The summed E-state index contributed by atoms with van der Waals surface area (Å²) in [4.78, 5) is 33.1. The van der Waals surface area contributed by atoms with Crippen molar-refractivity contribution in [3.05, 3.63) is 45.7 Å². The Morgan fingerprint density at radius 2 is 1.92 bits per heavy atom. The van der Waals surface area contributed by atoms with Gasteiger partial charge in [0.25, 0.3) is 5.91 Å². The summed E-state index contributed by atoms with van der Waals surface area (Å²) in [7, 11) is 0. The van der Waals surface area contributed by atoms with E-state index >= 15 is 0 Å². The molecule has 1 aliphatic rings.